The zero-order chi connectivity index (χ0) is 14.8. The van der Waals surface area contributed by atoms with E-state index in [0.29, 0.717) is 25.8 Å². The SMILES string of the molecule is COc1ccc(Cc2nc3n(n2)CCC(C(=O)O)C3)cc1. The average molecular weight is 287 g/mol. The van der Waals surface area contributed by atoms with Gasteiger partial charge in [-0.15, -0.1) is 0 Å². The first-order valence-corrected chi connectivity index (χ1v) is 6.94. The Morgan fingerprint density at radius 2 is 2.19 bits per heavy atom. The lowest BCUT2D eigenvalue weighted by molar-refractivity contribution is -0.142. The summed E-state index contributed by atoms with van der Waals surface area (Å²) in [6.45, 7) is 0.627. The highest BCUT2D eigenvalue weighted by molar-refractivity contribution is 5.70. The summed E-state index contributed by atoms with van der Waals surface area (Å²) in [5.41, 5.74) is 1.11. The summed E-state index contributed by atoms with van der Waals surface area (Å²) in [5.74, 6) is 1.25. The summed E-state index contributed by atoms with van der Waals surface area (Å²) in [5, 5.41) is 13.5. The van der Waals surface area contributed by atoms with Crippen LogP contribution < -0.4 is 4.74 Å². The monoisotopic (exact) mass is 287 g/mol. The summed E-state index contributed by atoms with van der Waals surface area (Å²) in [4.78, 5) is 15.5. The summed E-state index contributed by atoms with van der Waals surface area (Å²) in [7, 11) is 1.64. The Bertz CT molecular complexity index is 649. The number of carboxylic acid groups (broad SMARTS) is 1. The number of carbonyl (C=O) groups is 1. The van der Waals surface area contributed by atoms with Gasteiger partial charge in [-0.2, -0.15) is 5.10 Å². The van der Waals surface area contributed by atoms with Crippen LogP contribution in [0.4, 0.5) is 0 Å². The summed E-state index contributed by atoms with van der Waals surface area (Å²) < 4.78 is 6.96. The number of nitrogens with zero attached hydrogens (tertiary/aromatic N) is 3. The van der Waals surface area contributed by atoms with Crippen LogP contribution in [0.1, 0.15) is 23.6 Å². The van der Waals surface area contributed by atoms with Crippen molar-refractivity contribution in [2.24, 2.45) is 5.92 Å². The van der Waals surface area contributed by atoms with Gasteiger partial charge in [0.1, 0.15) is 11.6 Å². The molecular weight excluding hydrogens is 270 g/mol. The van der Waals surface area contributed by atoms with Gasteiger partial charge in [0.25, 0.3) is 0 Å². The lowest BCUT2D eigenvalue weighted by atomic mass is 9.98. The van der Waals surface area contributed by atoms with E-state index in [9.17, 15) is 4.79 Å². The Hall–Kier alpha value is -2.37. The van der Waals surface area contributed by atoms with Gasteiger partial charge in [-0.3, -0.25) is 4.79 Å². The predicted molar refractivity (Wildman–Crippen MR) is 75.3 cm³/mol. The molecule has 6 heteroatoms. The van der Waals surface area contributed by atoms with E-state index in [1.54, 1.807) is 7.11 Å². The molecule has 0 saturated heterocycles. The molecule has 2 aromatic rings. The van der Waals surface area contributed by atoms with Gasteiger partial charge >= 0.3 is 5.97 Å². The second-order valence-electron chi connectivity index (χ2n) is 5.22. The number of carboxylic acids is 1. The van der Waals surface area contributed by atoms with E-state index in [0.717, 1.165) is 23.0 Å². The van der Waals surface area contributed by atoms with Crippen molar-refractivity contribution < 1.29 is 14.6 Å². The fourth-order valence-corrected chi connectivity index (χ4v) is 2.57. The normalized spacial score (nSPS) is 17.3. The highest BCUT2D eigenvalue weighted by Gasteiger charge is 2.26. The molecule has 0 amide bonds. The largest absolute Gasteiger partial charge is 0.497 e. The van der Waals surface area contributed by atoms with Gasteiger partial charge in [-0.1, -0.05) is 12.1 Å². The van der Waals surface area contributed by atoms with Crippen LogP contribution in [0.25, 0.3) is 0 Å². The number of benzene rings is 1. The Morgan fingerprint density at radius 1 is 1.43 bits per heavy atom. The minimum Gasteiger partial charge on any atom is -0.497 e. The number of aromatic nitrogens is 3. The van der Waals surface area contributed by atoms with E-state index in [4.69, 9.17) is 9.84 Å². The lowest BCUT2D eigenvalue weighted by Crippen LogP contribution is -2.26. The van der Waals surface area contributed by atoms with E-state index in [2.05, 4.69) is 10.1 Å². The first-order chi connectivity index (χ1) is 10.2. The highest BCUT2D eigenvalue weighted by Crippen LogP contribution is 2.20. The van der Waals surface area contributed by atoms with E-state index < -0.39 is 5.97 Å². The Labute approximate surface area is 122 Å². The number of fused-ring (bicyclic) bond motifs is 1. The van der Waals surface area contributed by atoms with Crippen LogP contribution in [-0.2, 0) is 24.2 Å². The molecule has 0 radical (unpaired) electrons. The number of hydrogen-bond donors (Lipinski definition) is 1. The van der Waals surface area contributed by atoms with Crippen LogP contribution in [0.5, 0.6) is 5.75 Å². The maximum absolute atomic E-state index is 11.1. The molecule has 3 rings (SSSR count). The van der Waals surface area contributed by atoms with Crippen molar-refractivity contribution in [2.75, 3.05) is 7.11 Å². The van der Waals surface area contributed by atoms with E-state index in [1.165, 1.54) is 0 Å². The standard InChI is InChI=1S/C15H17N3O3/c1-21-12-4-2-10(3-5-12)8-13-16-14-9-11(15(19)20)6-7-18(14)17-13/h2-5,11H,6-9H2,1H3,(H,19,20). The van der Waals surface area contributed by atoms with Gasteiger partial charge < -0.3 is 9.84 Å². The van der Waals surface area contributed by atoms with Crippen molar-refractivity contribution in [3.63, 3.8) is 0 Å². The number of methoxy groups -OCH3 is 1. The highest BCUT2D eigenvalue weighted by atomic mass is 16.5. The van der Waals surface area contributed by atoms with Gasteiger partial charge in [0.2, 0.25) is 0 Å². The molecule has 0 aliphatic carbocycles. The van der Waals surface area contributed by atoms with Gasteiger partial charge in [0.15, 0.2) is 5.82 Å². The molecule has 21 heavy (non-hydrogen) atoms. The van der Waals surface area contributed by atoms with Crippen molar-refractivity contribution in [2.45, 2.75) is 25.8 Å². The topological polar surface area (TPSA) is 77.2 Å². The molecule has 2 heterocycles. The molecule has 0 saturated carbocycles. The molecular formula is C15H17N3O3. The van der Waals surface area contributed by atoms with Crippen LogP contribution in [0.15, 0.2) is 24.3 Å². The number of ether oxygens (including phenoxy) is 1. The number of hydrogen-bond acceptors (Lipinski definition) is 4. The van der Waals surface area contributed by atoms with Gasteiger partial charge in [-0.05, 0) is 24.1 Å². The Balaban J connectivity index is 1.74. The van der Waals surface area contributed by atoms with Crippen LogP contribution in [-0.4, -0.2) is 33.0 Å². The van der Waals surface area contributed by atoms with Gasteiger partial charge in [0.05, 0.1) is 13.0 Å². The third kappa shape index (κ3) is 2.89. The van der Waals surface area contributed by atoms with Crippen molar-refractivity contribution in [3.8, 4) is 5.75 Å². The molecule has 6 nitrogen and oxygen atoms in total. The third-order valence-corrected chi connectivity index (χ3v) is 3.78. The first-order valence-electron chi connectivity index (χ1n) is 6.94. The molecule has 1 unspecified atom stereocenters. The molecule has 110 valence electrons. The number of rotatable bonds is 4. The minimum atomic E-state index is -0.749. The smallest absolute Gasteiger partial charge is 0.307 e. The molecule has 1 N–H and O–H groups in total. The zero-order valence-corrected chi connectivity index (χ0v) is 11.8. The second-order valence-corrected chi connectivity index (χ2v) is 5.22. The molecule has 1 aliphatic rings. The maximum atomic E-state index is 11.1. The summed E-state index contributed by atoms with van der Waals surface area (Å²) in [6, 6.07) is 7.79. The molecule has 0 fully saturated rings. The Morgan fingerprint density at radius 3 is 2.86 bits per heavy atom. The third-order valence-electron chi connectivity index (χ3n) is 3.78. The second kappa shape index (κ2) is 5.55. The van der Waals surface area contributed by atoms with Crippen molar-refractivity contribution >= 4 is 5.97 Å². The molecule has 1 aromatic heterocycles. The van der Waals surface area contributed by atoms with Gasteiger partial charge in [-0.25, -0.2) is 9.67 Å². The van der Waals surface area contributed by atoms with Crippen LogP contribution in [0.2, 0.25) is 0 Å². The van der Waals surface area contributed by atoms with Crippen LogP contribution in [0.3, 0.4) is 0 Å². The molecule has 1 aliphatic heterocycles. The first kappa shape index (κ1) is 13.6. The lowest BCUT2D eigenvalue weighted by Gasteiger charge is -2.17. The van der Waals surface area contributed by atoms with Gasteiger partial charge in [0, 0.05) is 19.4 Å². The molecule has 1 atom stereocenters. The van der Waals surface area contributed by atoms with Crippen molar-refractivity contribution in [1.82, 2.24) is 14.8 Å². The zero-order valence-electron chi connectivity index (χ0n) is 11.8. The number of aliphatic carboxylic acids is 1. The fourth-order valence-electron chi connectivity index (χ4n) is 2.57. The quantitative estimate of drug-likeness (QED) is 0.922. The van der Waals surface area contributed by atoms with E-state index >= 15 is 0 Å². The van der Waals surface area contributed by atoms with Crippen molar-refractivity contribution in [1.29, 1.82) is 0 Å². The summed E-state index contributed by atoms with van der Waals surface area (Å²) in [6.07, 6.45) is 1.72. The summed E-state index contributed by atoms with van der Waals surface area (Å²) >= 11 is 0. The van der Waals surface area contributed by atoms with E-state index in [1.807, 2.05) is 28.9 Å². The Kier molecular flexibility index (Phi) is 3.60. The molecule has 0 spiro atoms. The maximum Gasteiger partial charge on any atom is 0.307 e. The fraction of sp³-hybridized carbons (Fsp3) is 0.400. The predicted octanol–water partition coefficient (Wildman–Crippen LogP) is 1.52. The average Bonchev–Trinajstić information content (AvgIpc) is 2.89. The van der Waals surface area contributed by atoms with Crippen LogP contribution in [0, 0.1) is 5.92 Å². The van der Waals surface area contributed by atoms with E-state index in [-0.39, 0.29) is 5.92 Å². The molecule has 1 aromatic carbocycles. The molecule has 0 bridgehead atoms. The minimum absolute atomic E-state index is 0.337. The van der Waals surface area contributed by atoms with Crippen molar-refractivity contribution in [3.05, 3.63) is 41.5 Å². The number of aryl methyl sites for hydroxylation is 1. The van der Waals surface area contributed by atoms with Crippen LogP contribution >= 0.6 is 0 Å².